The lowest BCUT2D eigenvalue weighted by Gasteiger charge is -2.21. The highest BCUT2D eigenvalue weighted by molar-refractivity contribution is 5.95. The predicted octanol–water partition coefficient (Wildman–Crippen LogP) is 2.58. The first-order valence-corrected chi connectivity index (χ1v) is 9.86. The van der Waals surface area contributed by atoms with E-state index < -0.39 is 6.10 Å². The van der Waals surface area contributed by atoms with Gasteiger partial charge in [0.15, 0.2) is 0 Å². The Hall–Kier alpha value is -3.37. The minimum Gasteiger partial charge on any atom is -0.491 e. The van der Waals surface area contributed by atoms with E-state index in [1.54, 1.807) is 18.2 Å². The number of carbonyl (C=O) groups excluding carboxylic acids is 2. The number of para-hydroxylation sites is 1. The number of ether oxygens (including phenoxy) is 1. The van der Waals surface area contributed by atoms with Gasteiger partial charge in [-0.05, 0) is 36.8 Å². The van der Waals surface area contributed by atoms with Crippen LogP contribution in [0.4, 0.5) is 5.69 Å². The second kappa shape index (κ2) is 12.2. The van der Waals surface area contributed by atoms with Gasteiger partial charge in [0.05, 0.1) is 12.5 Å². The molecule has 0 spiro atoms. The molecule has 2 N–H and O–H groups in total. The molecule has 2 aromatic carbocycles. The Balaban J connectivity index is 1.74. The van der Waals surface area contributed by atoms with E-state index >= 15 is 0 Å². The van der Waals surface area contributed by atoms with Crippen LogP contribution >= 0.6 is 0 Å². The van der Waals surface area contributed by atoms with Crippen molar-refractivity contribution in [2.75, 3.05) is 24.6 Å². The molecule has 0 radical (unpaired) electrons. The van der Waals surface area contributed by atoms with E-state index in [4.69, 9.17) is 10.00 Å². The van der Waals surface area contributed by atoms with Crippen LogP contribution in [0.5, 0.6) is 5.75 Å². The topological polar surface area (TPSA) is 103 Å². The van der Waals surface area contributed by atoms with Crippen LogP contribution in [0.2, 0.25) is 0 Å². The average molecular weight is 409 g/mol. The zero-order chi connectivity index (χ0) is 21.8. The summed E-state index contributed by atoms with van der Waals surface area (Å²) >= 11 is 0. The summed E-state index contributed by atoms with van der Waals surface area (Å²) < 4.78 is 5.51. The molecule has 0 aliphatic carbocycles. The highest BCUT2D eigenvalue weighted by Gasteiger charge is 2.17. The number of aliphatic hydroxyl groups excluding tert-OH is 1. The van der Waals surface area contributed by atoms with Crippen LogP contribution in [0, 0.1) is 18.3 Å². The fourth-order valence-corrected chi connectivity index (χ4v) is 2.80. The number of carbonyl (C=O) groups is 2. The van der Waals surface area contributed by atoms with Crippen molar-refractivity contribution in [3.63, 3.8) is 0 Å². The Bertz CT molecular complexity index is 864. The molecule has 1 atom stereocenters. The van der Waals surface area contributed by atoms with Gasteiger partial charge in [-0.1, -0.05) is 30.3 Å². The number of aliphatic hydroxyl groups is 1. The molecule has 7 nitrogen and oxygen atoms in total. The van der Waals surface area contributed by atoms with Crippen molar-refractivity contribution >= 4 is 17.5 Å². The highest BCUT2D eigenvalue weighted by atomic mass is 16.5. The molecular weight excluding hydrogens is 382 g/mol. The molecule has 30 heavy (non-hydrogen) atoms. The van der Waals surface area contributed by atoms with Gasteiger partial charge in [-0.25, -0.2) is 0 Å². The summed E-state index contributed by atoms with van der Waals surface area (Å²) in [4.78, 5) is 26.1. The Labute approximate surface area is 176 Å². The Kier molecular flexibility index (Phi) is 9.35. The summed E-state index contributed by atoms with van der Waals surface area (Å²) in [7, 11) is 0. The van der Waals surface area contributed by atoms with E-state index in [-0.39, 0.29) is 50.8 Å². The summed E-state index contributed by atoms with van der Waals surface area (Å²) in [5.41, 5.74) is 1.75. The number of hydrogen-bond acceptors (Lipinski definition) is 5. The molecule has 0 saturated heterocycles. The van der Waals surface area contributed by atoms with Gasteiger partial charge in [0.25, 0.3) is 0 Å². The maximum atomic E-state index is 12.5. The standard InChI is InChI=1S/C23H27N3O4/c1-18-7-5-10-21(15-18)30-17-20(27)16-25-22(28)11-12-23(29)26(14-6-13-24)19-8-3-2-4-9-19/h2-5,7-10,15,20,27H,6,11-12,14,16-17H2,1H3,(H,25,28). The summed E-state index contributed by atoms with van der Waals surface area (Å²) in [6.07, 6.45) is -0.635. The second-order valence-corrected chi connectivity index (χ2v) is 6.87. The van der Waals surface area contributed by atoms with E-state index in [1.165, 1.54) is 4.90 Å². The van der Waals surface area contributed by atoms with Crippen molar-refractivity contribution < 1.29 is 19.4 Å². The number of benzene rings is 2. The Morgan fingerprint density at radius 2 is 1.93 bits per heavy atom. The summed E-state index contributed by atoms with van der Waals surface area (Å²) in [5, 5.41) is 21.4. The molecule has 0 aliphatic rings. The van der Waals surface area contributed by atoms with E-state index in [0.29, 0.717) is 11.4 Å². The number of aryl methyl sites for hydroxylation is 1. The lowest BCUT2D eigenvalue weighted by atomic mass is 10.2. The van der Waals surface area contributed by atoms with Crippen LogP contribution in [0.1, 0.15) is 24.8 Å². The summed E-state index contributed by atoms with van der Waals surface area (Å²) in [6, 6.07) is 18.6. The Morgan fingerprint density at radius 3 is 2.63 bits per heavy atom. The van der Waals surface area contributed by atoms with Gasteiger partial charge in [0.1, 0.15) is 18.5 Å². The van der Waals surface area contributed by atoms with Crippen LogP contribution in [0.15, 0.2) is 54.6 Å². The van der Waals surface area contributed by atoms with Crippen molar-refractivity contribution in [2.45, 2.75) is 32.3 Å². The second-order valence-electron chi connectivity index (χ2n) is 6.87. The number of anilines is 1. The average Bonchev–Trinajstić information content (AvgIpc) is 2.76. The fourth-order valence-electron chi connectivity index (χ4n) is 2.80. The number of nitrogens with zero attached hydrogens (tertiary/aromatic N) is 2. The third-order valence-electron chi connectivity index (χ3n) is 4.35. The lowest BCUT2D eigenvalue weighted by molar-refractivity contribution is -0.125. The minimum atomic E-state index is -0.860. The number of hydrogen-bond donors (Lipinski definition) is 2. The van der Waals surface area contributed by atoms with E-state index in [1.807, 2.05) is 49.4 Å². The van der Waals surface area contributed by atoms with E-state index in [0.717, 1.165) is 5.56 Å². The summed E-state index contributed by atoms with van der Waals surface area (Å²) in [5.74, 6) is 0.102. The molecule has 2 amide bonds. The quantitative estimate of drug-likeness (QED) is 0.594. The van der Waals surface area contributed by atoms with Crippen molar-refractivity contribution in [1.29, 1.82) is 5.26 Å². The van der Waals surface area contributed by atoms with E-state index in [9.17, 15) is 14.7 Å². The fraction of sp³-hybridized carbons (Fsp3) is 0.348. The van der Waals surface area contributed by atoms with Crippen molar-refractivity contribution in [3.05, 3.63) is 60.2 Å². The zero-order valence-corrected chi connectivity index (χ0v) is 17.1. The molecule has 0 fully saturated rings. The molecule has 2 rings (SSSR count). The first-order chi connectivity index (χ1) is 14.5. The third kappa shape index (κ3) is 7.94. The molecule has 0 bridgehead atoms. The first kappa shape index (κ1) is 22.9. The molecule has 0 aromatic heterocycles. The van der Waals surface area contributed by atoms with Crippen LogP contribution in [0.25, 0.3) is 0 Å². The molecule has 2 aromatic rings. The maximum Gasteiger partial charge on any atom is 0.227 e. The first-order valence-electron chi connectivity index (χ1n) is 9.86. The number of rotatable bonds is 11. The molecule has 158 valence electrons. The monoisotopic (exact) mass is 409 g/mol. The van der Waals surface area contributed by atoms with Gasteiger partial charge in [0, 0.05) is 31.6 Å². The summed E-state index contributed by atoms with van der Waals surface area (Å²) in [6.45, 7) is 2.31. The smallest absolute Gasteiger partial charge is 0.227 e. The zero-order valence-electron chi connectivity index (χ0n) is 17.1. The van der Waals surface area contributed by atoms with Gasteiger partial charge in [-0.2, -0.15) is 5.26 Å². The highest BCUT2D eigenvalue weighted by Crippen LogP contribution is 2.16. The van der Waals surface area contributed by atoms with Crippen molar-refractivity contribution in [1.82, 2.24) is 5.32 Å². The molecule has 0 heterocycles. The molecule has 0 aliphatic heterocycles. The van der Waals surface area contributed by atoms with Crippen LogP contribution < -0.4 is 15.0 Å². The maximum absolute atomic E-state index is 12.5. The molecular formula is C23H27N3O4. The third-order valence-corrected chi connectivity index (χ3v) is 4.35. The Morgan fingerprint density at radius 1 is 1.17 bits per heavy atom. The lowest BCUT2D eigenvalue weighted by Crippen LogP contribution is -2.36. The van der Waals surface area contributed by atoms with Crippen molar-refractivity contribution in [2.24, 2.45) is 0 Å². The van der Waals surface area contributed by atoms with E-state index in [2.05, 4.69) is 5.32 Å². The van der Waals surface area contributed by atoms with Gasteiger partial charge in [0.2, 0.25) is 11.8 Å². The van der Waals surface area contributed by atoms with Crippen molar-refractivity contribution in [3.8, 4) is 11.8 Å². The predicted molar refractivity (Wildman–Crippen MR) is 114 cm³/mol. The van der Waals surface area contributed by atoms with Crippen LogP contribution in [-0.2, 0) is 9.59 Å². The van der Waals surface area contributed by atoms with Crippen LogP contribution in [0.3, 0.4) is 0 Å². The van der Waals surface area contributed by atoms with Gasteiger partial charge in [-0.15, -0.1) is 0 Å². The molecule has 1 unspecified atom stereocenters. The van der Waals surface area contributed by atoms with Gasteiger partial charge >= 0.3 is 0 Å². The SMILES string of the molecule is Cc1cccc(OCC(O)CNC(=O)CCC(=O)N(CCC#N)c2ccccc2)c1. The van der Waals surface area contributed by atoms with Gasteiger partial charge in [-0.3, -0.25) is 9.59 Å². The van der Waals surface area contributed by atoms with Crippen LogP contribution in [-0.4, -0.2) is 42.7 Å². The molecule has 0 saturated carbocycles. The number of nitrogens with one attached hydrogen (secondary N) is 1. The number of amides is 2. The van der Waals surface area contributed by atoms with Gasteiger partial charge < -0.3 is 20.1 Å². The largest absolute Gasteiger partial charge is 0.491 e. The number of nitriles is 1. The normalized spacial score (nSPS) is 11.2. The minimum absolute atomic E-state index is 0.000176. The molecule has 7 heteroatoms.